The normalized spacial score (nSPS) is 23.3. The number of rotatable bonds is 3. The van der Waals surface area contributed by atoms with E-state index >= 15 is 0 Å². The molecule has 20 heavy (non-hydrogen) atoms. The molecule has 0 saturated carbocycles. The first-order valence-electron chi connectivity index (χ1n) is 7.38. The van der Waals surface area contributed by atoms with E-state index in [4.69, 9.17) is 0 Å². The van der Waals surface area contributed by atoms with Gasteiger partial charge in [-0.2, -0.15) is 0 Å². The van der Waals surface area contributed by atoms with Crippen LogP contribution in [0.4, 0.5) is 0 Å². The summed E-state index contributed by atoms with van der Waals surface area (Å²) < 4.78 is 0. The van der Waals surface area contributed by atoms with Crippen molar-refractivity contribution >= 4 is 11.8 Å². The van der Waals surface area contributed by atoms with Crippen LogP contribution in [0.1, 0.15) is 40.5 Å². The number of amides is 2. The molecule has 0 aromatic carbocycles. The summed E-state index contributed by atoms with van der Waals surface area (Å²) in [5, 5.41) is 5.83. The van der Waals surface area contributed by atoms with Crippen LogP contribution in [0.15, 0.2) is 11.3 Å². The molecule has 1 unspecified atom stereocenters. The van der Waals surface area contributed by atoms with Crippen LogP contribution in [-0.2, 0) is 9.59 Å². The summed E-state index contributed by atoms with van der Waals surface area (Å²) in [6.07, 6.45) is 2.35. The average molecular weight is 279 g/mol. The zero-order chi connectivity index (χ0) is 14.9. The molecule has 1 saturated heterocycles. The topological polar surface area (TPSA) is 61.4 Å². The van der Waals surface area contributed by atoms with Crippen molar-refractivity contribution in [1.29, 1.82) is 0 Å². The molecule has 2 rings (SSSR count). The van der Waals surface area contributed by atoms with Crippen LogP contribution < -0.4 is 10.6 Å². The Bertz CT molecular complexity index is 443. The van der Waals surface area contributed by atoms with Gasteiger partial charge in [0.15, 0.2) is 0 Å². The number of hydrogen-bond donors (Lipinski definition) is 2. The number of carbonyl (C=O) groups is 2. The molecule has 2 N–H and O–H groups in total. The molecule has 0 aliphatic carbocycles. The summed E-state index contributed by atoms with van der Waals surface area (Å²) in [6.45, 7) is 9.94. The third kappa shape index (κ3) is 2.97. The van der Waals surface area contributed by atoms with E-state index in [-0.39, 0.29) is 17.9 Å². The van der Waals surface area contributed by atoms with Crippen LogP contribution in [0.5, 0.6) is 0 Å². The van der Waals surface area contributed by atoms with Gasteiger partial charge < -0.3 is 15.5 Å². The number of likely N-dealkylation sites (tertiary alicyclic amines) is 1. The van der Waals surface area contributed by atoms with E-state index in [0.717, 1.165) is 24.4 Å². The molecule has 2 aliphatic rings. The Balaban J connectivity index is 2.12. The Morgan fingerprint density at radius 3 is 2.50 bits per heavy atom. The molecule has 2 aliphatic heterocycles. The molecule has 0 bridgehead atoms. The van der Waals surface area contributed by atoms with E-state index in [2.05, 4.69) is 15.5 Å². The lowest BCUT2D eigenvalue weighted by Gasteiger charge is -2.24. The van der Waals surface area contributed by atoms with Crippen molar-refractivity contribution in [2.75, 3.05) is 19.6 Å². The maximum atomic E-state index is 12.1. The Morgan fingerprint density at radius 1 is 1.35 bits per heavy atom. The SMILES string of the molecule is CC1NC(=O)C(CNC(=O)C(C)(C)C)=C1N1CCCC1. The van der Waals surface area contributed by atoms with Gasteiger partial charge >= 0.3 is 0 Å². The Hall–Kier alpha value is -1.52. The first-order chi connectivity index (χ1) is 9.30. The van der Waals surface area contributed by atoms with E-state index in [1.807, 2.05) is 27.7 Å². The summed E-state index contributed by atoms with van der Waals surface area (Å²) in [4.78, 5) is 26.3. The first-order valence-corrected chi connectivity index (χ1v) is 7.38. The molecule has 1 fully saturated rings. The highest BCUT2D eigenvalue weighted by atomic mass is 16.2. The number of hydrogen-bond acceptors (Lipinski definition) is 3. The van der Waals surface area contributed by atoms with E-state index in [1.54, 1.807) is 0 Å². The molecular formula is C15H25N3O2. The first kappa shape index (κ1) is 14.9. The van der Waals surface area contributed by atoms with Crippen molar-refractivity contribution in [3.05, 3.63) is 11.3 Å². The van der Waals surface area contributed by atoms with Gasteiger partial charge in [-0.1, -0.05) is 20.8 Å². The van der Waals surface area contributed by atoms with Gasteiger partial charge in [-0.25, -0.2) is 0 Å². The molecule has 0 aromatic rings. The van der Waals surface area contributed by atoms with Gasteiger partial charge in [0, 0.05) is 24.2 Å². The molecule has 0 spiro atoms. The second-order valence-electron chi connectivity index (χ2n) is 6.69. The highest BCUT2D eigenvalue weighted by Crippen LogP contribution is 2.25. The summed E-state index contributed by atoms with van der Waals surface area (Å²) in [7, 11) is 0. The van der Waals surface area contributed by atoms with E-state index < -0.39 is 5.41 Å². The lowest BCUT2D eigenvalue weighted by Crippen LogP contribution is -2.37. The predicted molar refractivity (Wildman–Crippen MR) is 77.9 cm³/mol. The Labute approximate surface area is 120 Å². The van der Waals surface area contributed by atoms with Crippen LogP contribution in [0.2, 0.25) is 0 Å². The number of carbonyl (C=O) groups excluding carboxylic acids is 2. The van der Waals surface area contributed by atoms with Crippen LogP contribution in [0.25, 0.3) is 0 Å². The minimum Gasteiger partial charge on any atom is -0.373 e. The van der Waals surface area contributed by atoms with Gasteiger partial charge in [-0.15, -0.1) is 0 Å². The van der Waals surface area contributed by atoms with Crippen LogP contribution in [0, 0.1) is 5.41 Å². The third-order valence-electron chi connectivity index (χ3n) is 3.89. The smallest absolute Gasteiger partial charge is 0.251 e. The zero-order valence-electron chi connectivity index (χ0n) is 12.9. The lowest BCUT2D eigenvalue weighted by atomic mass is 9.95. The summed E-state index contributed by atoms with van der Waals surface area (Å²) >= 11 is 0. The molecule has 1 atom stereocenters. The van der Waals surface area contributed by atoms with Crippen molar-refractivity contribution in [1.82, 2.24) is 15.5 Å². The van der Waals surface area contributed by atoms with Gasteiger partial charge in [0.25, 0.3) is 5.91 Å². The number of nitrogens with one attached hydrogen (secondary N) is 2. The van der Waals surface area contributed by atoms with E-state index in [9.17, 15) is 9.59 Å². The summed E-state index contributed by atoms with van der Waals surface area (Å²) in [5.41, 5.74) is 1.36. The summed E-state index contributed by atoms with van der Waals surface area (Å²) in [6, 6.07) is 0.0436. The molecule has 5 nitrogen and oxygen atoms in total. The minimum atomic E-state index is -0.435. The Morgan fingerprint density at radius 2 is 1.95 bits per heavy atom. The van der Waals surface area contributed by atoms with Gasteiger partial charge in [-0.05, 0) is 19.8 Å². The molecule has 0 aromatic heterocycles. The van der Waals surface area contributed by atoms with Gasteiger partial charge in [0.05, 0.1) is 18.2 Å². The fourth-order valence-corrected chi connectivity index (χ4v) is 2.76. The highest BCUT2D eigenvalue weighted by Gasteiger charge is 2.33. The Kier molecular flexibility index (Phi) is 4.06. The van der Waals surface area contributed by atoms with Crippen molar-refractivity contribution in [2.24, 2.45) is 5.41 Å². The minimum absolute atomic E-state index is 0.0295. The molecule has 5 heteroatoms. The fraction of sp³-hybridized carbons (Fsp3) is 0.733. The second kappa shape index (κ2) is 5.46. The molecule has 2 amide bonds. The van der Waals surface area contributed by atoms with Gasteiger partial charge in [0.2, 0.25) is 5.91 Å². The lowest BCUT2D eigenvalue weighted by molar-refractivity contribution is -0.128. The molecule has 2 heterocycles. The van der Waals surface area contributed by atoms with Crippen molar-refractivity contribution in [3.8, 4) is 0 Å². The predicted octanol–water partition coefficient (Wildman–Crippen LogP) is 1.02. The second-order valence-corrected chi connectivity index (χ2v) is 6.69. The van der Waals surface area contributed by atoms with Crippen molar-refractivity contribution < 1.29 is 9.59 Å². The van der Waals surface area contributed by atoms with Gasteiger partial charge in [0.1, 0.15) is 0 Å². The molecular weight excluding hydrogens is 254 g/mol. The van der Waals surface area contributed by atoms with Crippen molar-refractivity contribution in [2.45, 2.75) is 46.6 Å². The molecule has 112 valence electrons. The van der Waals surface area contributed by atoms with Crippen molar-refractivity contribution in [3.63, 3.8) is 0 Å². The highest BCUT2D eigenvalue weighted by molar-refractivity contribution is 5.98. The van der Waals surface area contributed by atoms with Crippen LogP contribution in [0.3, 0.4) is 0 Å². The van der Waals surface area contributed by atoms with Gasteiger partial charge in [-0.3, -0.25) is 9.59 Å². The summed E-state index contributed by atoms with van der Waals surface area (Å²) in [5.74, 6) is -0.0771. The van der Waals surface area contributed by atoms with Crippen LogP contribution >= 0.6 is 0 Å². The standard InChI is InChI=1S/C15H25N3O2/c1-10-12(18-7-5-6-8-18)11(13(19)17-10)9-16-14(20)15(2,3)4/h10H,5-9H2,1-4H3,(H,16,20)(H,17,19). The number of nitrogens with zero attached hydrogens (tertiary/aromatic N) is 1. The maximum Gasteiger partial charge on any atom is 0.251 e. The quantitative estimate of drug-likeness (QED) is 0.811. The fourth-order valence-electron chi connectivity index (χ4n) is 2.76. The molecule has 0 radical (unpaired) electrons. The average Bonchev–Trinajstić information content (AvgIpc) is 2.93. The monoisotopic (exact) mass is 279 g/mol. The zero-order valence-corrected chi connectivity index (χ0v) is 12.9. The van der Waals surface area contributed by atoms with E-state index in [0.29, 0.717) is 6.54 Å². The van der Waals surface area contributed by atoms with E-state index in [1.165, 1.54) is 12.8 Å². The van der Waals surface area contributed by atoms with Crippen LogP contribution in [-0.4, -0.2) is 42.4 Å². The third-order valence-corrected chi connectivity index (χ3v) is 3.89. The maximum absolute atomic E-state index is 12.1. The largest absolute Gasteiger partial charge is 0.373 e.